The zero-order valence-corrected chi connectivity index (χ0v) is 24.7. The quantitative estimate of drug-likeness (QED) is 0.116. The molecule has 0 saturated heterocycles. The summed E-state index contributed by atoms with van der Waals surface area (Å²) in [6, 6.07) is 5.07. The van der Waals surface area contributed by atoms with Crippen LogP contribution in [0.1, 0.15) is 32.7 Å². The van der Waals surface area contributed by atoms with E-state index in [0.29, 0.717) is 11.3 Å². The van der Waals surface area contributed by atoms with E-state index in [1.54, 1.807) is 33.1 Å². The summed E-state index contributed by atoms with van der Waals surface area (Å²) in [4.78, 5) is 66.3. The van der Waals surface area contributed by atoms with Crippen LogP contribution in [-0.4, -0.2) is 93.5 Å². The van der Waals surface area contributed by atoms with Crippen LogP contribution < -0.4 is 16.0 Å². The highest BCUT2D eigenvalue weighted by Crippen LogP contribution is 2.54. The number of Topliss-reactive ketones (excluding diaryl/α,β-unsaturated/α-hetero) is 2. The van der Waals surface area contributed by atoms with Crippen molar-refractivity contribution in [3.8, 4) is 5.75 Å². The summed E-state index contributed by atoms with van der Waals surface area (Å²) in [7, 11) is 6.44. The number of hydrogen-bond acceptors (Lipinski definition) is 12. The number of anilines is 2. The van der Waals surface area contributed by atoms with Gasteiger partial charge in [-0.1, -0.05) is 0 Å². The highest BCUT2D eigenvalue weighted by molar-refractivity contribution is 6.25. The molecule has 0 radical (unpaired) electrons. The number of phenolic OH excluding ortho intramolecular Hbond substituents is 1. The highest BCUT2D eigenvalue weighted by atomic mass is 16.6. The number of carbonyl (C=O) groups is 4. The van der Waals surface area contributed by atoms with Crippen LogP contribution in [-0.2, 0) is 16.0 Å². The average Bonchev–Trinajstić information content (AvgIpc) is 2.95. The largest absolute Gasteiger partial charge is 0.510 e. The number of nitro benzene ring substituents is 1. The first-order valence-electron chi connectivity index (χ1n) is 13.8. The standard InChI is InChI=1S/C30H31N5O10/c1-33(2)18-11-17(32-29(42)12-5-7-14(8-6-12)35(44)45)23(36)20-15(18)9-13-10-16-22(34(3)4)25(38)21(28(31)41)27(40)30(16,43)26(39)19(13)24(20)37/h5-8,11,13,16,22,36,38-39,43H,9-10H2,1-4H3,(H2,31,41)(H,32,42)/t13?,16?,22-,30?/m0/s1. The summed E-state index contributed by atoms with van der Waals surface area (Å²) in [6.45, 7) is 0. The molecular weight excluding hydrogens is 590 g/mol. The molecule has 7 N–H and O–H groups in total. The fourth-order valence-corrected chi connectivity index (χ4v) is 6.72. The Morgan fingerprint density at radius 3 is 2.24 bits per heavy atom. The van der Waals surface area contributed by atoms with Crippen molar-refractivity contribution in [2.75, 3.05) is 38.4 Å². The van der Waals surface area contributed by atoms with Gasteiger partial charge in [0.15, 0.2) is 17.1 Å². The Balaban J connectivity index is 1.64. The van der Waals surface area contributed by atoms with Crippen LogP contribution in [0.4, 0.5) is 17.1 Å². The molecule has 0 fully saturated rings. The predicted molar refractivity (Wildman–Crippen MR) is 159 cm³/mol. The Morgan fingerprint density at radius 1 is 1.09 bits per heavy atom. The van der Waals surface area contributed by atoms with Crippen LogP contribution in [0.2, 0.25) is 0 Å². The molecule has 0 spiro atoms. The first-order chi connectivity index (χ1) is 21.0. The zero-order valence-electron chi connectivity index (χ0n) is 24.7. The van der Waals surface area contributed by atoms with E-state index < -0.39 is 74.6 Å². The first-order valence-corrected chi connectivity index (χ1v) is 13.8. The molecule has 236 valence electrons. The number of nitrogens with two attached hydrogens (primary N) is 1. The van der Waals surface area contributed by atoms with Gasteiger partial charge in [0, 0.05) is 49.0 Å². The Morgan fingerprint density at radius 2 is 1.71 bits per heavy atom. The minimum absolute atomic E-state index is 0.0317. The number of allylic oxidation sites excluding steroid dienone is 1. The summed E-state index contributed by atoms with van der Waals surface area (Å²) in [5.41, 5.74) is 1.51. The second-order valence-corrected chi connectivity index (χ2v) is 11.8. The Kier molecular flexibility index (Phi) is 7.41. The minimum Gasteiger partial charge on any atom is -0.510 e. The van der Waals surface area contributed by atoms with Crippen LogP contribution in [0.3, 0.4) is 0 Å². The summed E-state index contributed by atoms with van der Waals surface area (Å²) in [5, 5.41) is 59.0. The maximum absolute atomic E-state index is 14.1. The molecule has 3 aliphatic carbocycles. The van der Waals surface area contributed by atoms with Crippen LogP contribution in [0.15, 0.2) is 53.0 Å². The van der Waals surface area contributed by atoms with Crippen LogP contribution in [0.5, 0.6) is 5.75 Å². The fraction of sp³-hybridized carbons (Fsp3) is 0.333. The third-order valence-electron chi connectivity index (χ3n) is 8.77. The summed E-state index contributed by atoms with van der Waals surface area (Å²) in [6.07, 6.45) is -0.00971. The fourth-order valence-electron chi connectivity index (χ4n) is 6.72. The van der Waals surface area contributed by atoms with E-state index in [9.17, 15) is 49.7 Å². The molecule has 4 atom stereocenters. The number of benzene rings is 2. The molecule has 15 heteroatoms. The van der Waals surface area contributed by atoms with E-state index in [-0.39, 0.29) is 40.9 Å². The Hall–Kier alpha value is -5.28. The van der Waals surface area contributed by atoms with Crippen molar-refractivity contribution in [2.24, 2.45) is 17.6 Å². The Labute approximate surface area is 256 Å². The normalized spacial score (nSPS) is 24.2. The summed E-state index contributed by atoms with van der Waals surface area (Å²) < 4.78 is 0. The molecule has 0 aliphatic heterocycles. The van der Waals surface area contributed by atoms with Gasteiger partial charge in [0.25, 0.3) is 17.5 Å². The lowest BCUT2D eigenvalue weighted by Crippen LogP contribution is -2.63. The van der Waals surface area contributed by atoms with Gasteiger partial charge in [-0.25, -0.2) is 0 Å². The van der Waals surface area contributed by atoms with Gasteiger partial charge in [-0.3, -0.25) is 34.2 Å². The van der Waals surface area contributed by atoms with Crippen molar-refractivity contribution in [1.29, 1.82) is 0 Å². The number of primary amides is 1. The number of amides is 2. The van der Waals surface area contributed by atoms with Gasteiger partial charge in [-0.2, -0.15) is 0 Å². The number of hydrogen-bond donors (Lipinski definition) is 6. The maximum Gasteiger partial charge on any atom is 0.269 e. The highest BCUT2D eigenvalue weighted by Gasteiger charge is 2.63. The second-order valence-electron chi connectivity index (χ2n) is 11.8. The third-order valence-corrected chi connectivity index (χ3v) is 8.77. The van der Waals surface area contributed by atoms with Gasteiger partial charge < -0.3 is 36.4 Å². The lowest BCUT2D eigenvalue weighted by atomic mass is 9.58. The number of carbonyl (C=O) groups excluding carboxylic acids is 4. The summed E-state index contributed by atoms with van der Waals surface area (Å²) >= 11 is 0. The molecule has 5 rings (SSSR count). The monoisotopic (exact) mass is 621 g/mol. The van der Waals surface area contributed by atoms with E-state index in [1.807, 2.05) is 0 Å². The van der Waals surface area contributed by atoms with Gasteiger partial charge in [0.05, 0.1) is 22.2 Å². The number of aliphatic hydroxyl groups excluding tert-OH is 2. The van der Waals surface area contributed by atoms with E-state index in [2.05, 4.69) is 5.32 Å². The lowest BCUT2D eigenvalue weighted by Gasteiger charge is -2.50. The molecule has 2 amide bonds. The first kappa shape index (κ1) is 31.2. The second kappa shape index (κ2) is 10.7. The molecule has 0 heterocycles. The molecule has 2 aromatic carbocycles. The molecule has 0 aromatic heterocycles. The number of aromatic hydroxyl groups is 1. The number of fused-ring (bicyclic) bond motifs is 3. The minimum atomic E-state index is -2.79. The number of nitro groups is 1. The molecule has 2 aromatic rings. The number of non-ortho nitro benzene ring substituents is 1. The van der Waals surface area contributed by atoms with Crippen molar-refractivity contribution in [1.82, 2.24) is 4.90 Å². The van der Waals surface area contributed by atoms with E-state index in [4.69, 9.17) is 5.73 Å². The number of nitrogens with zero attached hydrogens (tertiary/aromatic N) is 3. The van der Waals surface area contributed by atoms with Gasteiger partial charge >= 0.3 is 0 Å². The third kappa shape index (κ3) is 4.58. The topological polar surface area (TPSA) is 237 Å². The van der Waals surface area contributed by atoms with Crippen molar-refractivity contribution in [3.05, 3.63) is 79.8 Å². The predicted octanol–water partition coefficient (Wildman–Crippen LogP) is 1.35. The van der Waals surface area contributed by atoms with E-state index >= 15 is 0 Å². The number of aliphatic hydroxyl groups is 3. The molecular formula is C30H31N5O10. The SMILES string of the molecule is CN(C)c1cc(NC(=O)c2ccc([N+](=O)[O-])cc2)c(O)c2c1CC1CC3[C@H](N(C)C)C(O)=C(C(N)=O)C(=O)C3(O)C(O)=C1C2=O. The van der Waals surface area contributed by atoms with Crippen LogP contribution in [0, 0.1) is 22.0 Å². The maximum atomic E-state index is 14.1. The molecule has 45 heavy (non-hydrogen) atoms. The number of likely N-dealkylation sites (N-methyl/N-ethyl adjacent to an activating group) is 1. The summed E-state index contributed by atoms with van der Waals surface area (Å²) in [5.74, 6) is -8.56. The van der Waals surface area contributed by atoms with E-state index in [1.165, 1.54) is 23.1 Å². The molecule has 3 unspecified atom stereocenters. The smallest absolute Gasteiger partial charge is 0.269 e. The van der Waals surface area contributed by atoms with Gasteiger partial charge in [0.1, 0.15) is 17.1 Å². The molecule has 0 bridgehead atoms. The van der Waals surface area contributed by atoms with Crippen molar-refractivity contribution >= 4 is 40.4 Å². The number of nitrogens with one attached hydrogen (secondary N) is 1. The van der Waals surface area contributed by atoms with Crippen molar-refractivity contribution < 1.29 is 44.5 Å². The molecule has 15 nitrogen and oxygen atoms in total. The number of ketones is 2. The van der Waals surface area contributed by atoms with Crippen molar-refractivity contribution in [3.63, 3.8) is 0 Å². The van der Waals surface area contributed by atoms with Crippen LogP contribution >= 0.6 is 0 Å². The lowest BCUT2D eigenvalue weighted by molar-refractivity contribution is -0.384. The van der Waals surface area contributed by atoms with Gasteiger partial charge in [-0.05, 0) is 56.6 Å². The average molecular weight is 622 g/mol. The van der Waals surface area contributed by atoms with Crippen molar-refractivity contribution in [2.45, 2.75) is 24.5 Å². The van der Waals surface area contributed by atoms with Gasteiger partial charge in [-0.15, -0.1) is 0 Å². The van der Waals surface area contributed by atoms with Crippen LogP contribution in [0.25, 0.3) is 0 Å². The van der Waals surface area contributed by atoms with E-state index in [0.717, 1.165) is 12.1 Å². The van der Waals surface area contributed by atoms with Gasteiger partial charge in [0.2, 0.25) is 5.78 Å². The number of phenols is 1. The molecule has 3 aliphatic rings. The number of rotatable bonds is 6. The zero-order chi connectivity index (χ0) is 33.3. The Bertz CT molecular complexity index is 1760. The molecule has 0 saturated carbocycles.